The quantitative estimate of drug-likeness (QED) is 0.285. The van der Waals surface area contributed by atoms with Crippen LogP contribution < -0.4 is 15.4 Å². The Kier molecular flexibility index (Phi) is 8.09. The van der Waals surface area contributed by atoms with Crippen LogP contribution in [0.5, 0.6) is 11.5 Å². The lowest BCUT2D eigenvalue weighted by Crippen LogP contribution is -2.36. The average Bonchev–Trinajstić information content (AvgIpc) is 3.42. The van der Waals surface area contributed by atoms with Crippen molar-refractivity contribution in [1.82, 2.24) is 15.2 Å². The first-order chi connectivity index (χ1) is 20.0. The van der Waals surface area contributed by atoms with E-state index in [-0.39, 0.29) is 11.8 Å². The molecule has 6 rings (SSSR count). The van der Waals surface area contributed by atoms with Crippen LogP contribution in [0.1, 0.15) is 43.1 Å². The van der Waals surface area contributed by atoms with Crippen molar-refractivity contribution in [3.63, 3.8) is 0 Å². The molecule has 4 aromatic rings. The van der Waals surface area contributed by atoms with E-state index in [1.165, 1.54) is 5.56 Å². The van der Waals surface area contributed by atoms with E-state index in [1.807, 2.05) is 19.2 Å². The Hall–Kier alpha value is -4.05. The molecule has 9 heteroatoms. The Morgan fingerprint density at radius 2 is 1.85 bits per heavy atom. The summed E-state index contributed by atoms with van der Waals surface area (Å²) in [6, 6.07) is 19.1. The molecule has 2 amide bonds. The van der Waals surface area contributed by atoms with Gasteiger partial charge in [0.1, 0.15) is 10.8 Å². The van der Waals surface area contributed by atoms with Gasteiger partial charge in [0, 0.05) is 35.3 Å². The molecule has 0 bridgehead atoms. The maximum Gasteiger partial charge on any atom is 0.259 e. The third kappa shape index (κ3) is 6.17. The second-order valence-electron chi connectivity index (χ2n) is 10.2. The highest BCUT2D eigenvalue weighted by atomic mass is 32.1. The summed E-state index contributed by atoms with van der Waals surface area (Å²) in [4.78, 5) is 33.9. The number of hydrogen-bond acceptors (Lipinski definition) is 7. The Balaban J connectivity index is 1.05. The van der Waals surface area contributed by atoms with Crippen molar-refractivity contribution >= 4 is 28.8 Å². The van der Waals surface area contributed by atoms with E-state index in [9.17, 15) is 9.59 Å². The van der Waals surface area contributed by atoms with E-state index in [2.05, 4.69) is 44.8 Å². The number of nitrogens with zero attached hydrogens (tertiary/aromatic N) is 2. The fourth-order valence-electron chi connectivity index (χ4n) is 5.15. The number of thiazole rings is 1. The molecule has 2 N–H and O–H groups in total. The third-order valence-electron chi connectivity index (χ3n) is 7.48. The second kappa shape index (κ2) is 12.2. The minimum atomic E-state index is -0.266. The molecule has 1 aromatic heterocycles. The number of carbonyl (C=O) groups is 2. The molecular formula is C32H32N4O4S. The molecule has 0 unspecified atom stereocenters. The van der Waals surface area contributed by atoms with Gasteiger partial charge in [0.05, 0.1) is 31.0 Å². The summed E-state index contributed by atoms with van der Waals surface area (Å²) in [5.74, 6) is 0.503. The lowest BCUT2D eigenvalue weighted by atomic mass is 10.0. The van der Waals surface area contributed by atoms with E-state index < -0.39 is 0 Å². The standard InChI is InChI=1S/C32H32N4O4S/c1-21-25(12-13-28-29(21)35-31(38)26-6-2-3-7-27(26)40-28)30(37)33-19-24-20-34-32(41-24)23-10-8-22(9-11-23)5-4-14-36-15-17-39-18-16-36/h2-3,6-13,20H,4-5,14-19H2,1H3,(H,33,37)(H,35,38). The van der Waals surface area contributed by atoms with Crippen LogP contribution in [0.2, 0.25) is 0 Å². The van der Waals surface area contributed by atoms with Crippen molar-refractivity contribution in [1.29, 1.82) is 0 Å². The molecule has 0 radical (unpaired) electrons. The number of nitrogens with one attached hydrogen (secondary N) is 2. The van der Waals surface area contributed by atoms with Crippen molar-refractivity contribution in [2.75, 3.05) is 38.2 Å². The molecule has 2 aliphatic rings. The molecule has 1 saturated heterocycles. The number of amides is 2. The lowest BCUT2D eigenvalue weighted by molar-refractivity contribution is 0.0374. The number of para-hydroxylation sites is 1. The largest absolute Gasteiger partial charge is 0.454 e. The van der Waals surface area contributed by atoms with Gasteiger partial charge in [0.15, 0.2) is 5.75 Å². The Morgan fingerprint density at radius 1 is 1.05 bits per heavy atom. The average molecular weight is 569 g/mol. The Bertz CT molecular complexity index is 1560. The maximum absolute atomic E-state index is 13.1. The summed E-state index contributed by atoms with van der Waals surface area (Å²) in [6.07, 6.45) is 4.00. The zero-order valence-corrected chi connectivity index (χ0v) is 23.8. The molecule has 3 aromatic carbocycles. The van der Waals surface area contributed by atoms with Gasteiger partial charge < -0.3 is 20.1 Å². The highest BCUT2D eigenvalue weighted by molar-refractivity contribution is 7.15. The summed E-state index contributed by atoms with van der Waals surface area (Å²) < 4.78 is 11.4. The molecule has 210 valence electrons. The second-order valence-corrected chi connectivity index (χ2v) is 11.3. The fraction of sp³-hybridized carbons (Fsp3) is 0.281. The number of fused-ring (bicyclic) bond motifs is 2. The zero-order chi connectivity index (χ0) is 28.2. The van der Waals surface area contributed by atoms with Gasteiger partial charge >= 0.3 is 0 Å². The van der Waals surface area contributed by atoms with E-state index in [1.54, 1.807) is 41.7 Å². The van der Waals surface area contributed by atoms with Crippen LogP contribution in [-0.2, 0) is 17.7 Å². The minimum absolute atomic E-state index is 0.224. The molecule has 2 aliphatic heterocycles. The number of rotatable bonds is 8. The van der Waals surface area contributed by atoms with Crippen LogP contribution in [-0.4, -0.2) is 54.5 Å². The molecule has 41 heavy (non-hydrogen) atoms. The molecule has 0 aliphatic carbocycles. The number of hydrogen-bond donors (Lipinski definition) is 2. The number of anilines is 1. The molecule has 8 nitrogen and oxygen atoms in total. The minimum Gasteiger partial charge on any atom is -0.454 e. The Morgan fingerprint density at radius 3 is 2.68 bits per heavy atom. The van der Waals surface area contributed by atoms with Crippen LogP contribution in [0.4, 0.5) is 5.69 Å². The van der Waals surface area contributed by atoms with E-state index in [0.29, 0.717) is 40.4 Å². The van der Waals surface area contributed by atoms with E-state index in [0.717, 1.165) is 61.1 Å². The molecule has 0 spiro atoms. The topological polar surface area (TPSA) is 92.8 Å². The van der Waals surface area contributed by atoms with Gasteiger partial charge in [-0.3, -0.25) is 14.5 Å². The molecule has 1 fully saturated rings. The van der Waals surface area contributed by atoms with Crippen molar-refractivity contribution in [2.24, 2.45) is 0 Å². The van der Waals surface area contributed by atoms with Gasteiger partial charge in [-0.05, 0) is 61.7 Å². The zero-order valence-electron chi connectivity index (χ0n) is 22.9. The smallest absolute Gasteiger partial charge is 0.259 e. The monoisotopic (exact) mass is 568 g/mol. The molecule has 3 heterocycles. The summed E-state index contributed by atoms with van der Waals surface area (Å²) in [6.45, 7) is 7.02. The van der Waals surface area contributed by atoms with Gasteiger partial charge in [0.25, 0.3) is 11.8 Å². The van der Waals surface area contributed by atoms with Gasteiger partial charge in [-0.15, -0.1) is 11.3 Å². The highest BCUT2D eigenvalue weighted by Gasteiger charge is 2.24. The Labute approximate surface area is 243 Å². The van der Waals surface area contributed by atoms with Gasteiger partial charge in [0.2, 0.25) is 0 Å². The van der Waals surface area contributed by atoms with E-state index in [4.69, 9.17) is 9.47 Å². The van der Waals surface area contributed by atoms with Crippen molar-refractivity contribution in [3.8, 4) is 22.1 Å². The van der Waals surface area contributed by atoms with Crippen LogP contribution >= 0.6 is 11.3 Å². The van der Waals surface area contributed by atoms with Gasteiger partial charge in [-0.25, -0.2) is 4.98 Å². The number of ether oxygens (including phenoxy) is 2. The van der Waals surface area contributed by atoms with Gasteiger partial charge in [-0.1, -0.05) is 36.4 Å². The number of carbonyl (C=O) groups excluding carboxylic acids is 2. The maximum atomic E-state index is 13.1. The third-order valence-corrected chi connectivity index (χ3v) is 8.53. The van der Waals surface area contributed by atoms with Crippen LogP contribution in [0.15, 0.2) is 66.9 Å². The highest BCUT2D eigenvalue weighted by Crippen LogP contribution is 2.38. The fourth-order valence-corrected chi connectivity index (χ4v) is 6.00. The molecular weight excluding hydrogens is 536 g/mol. The number of aryl methyl sites for hydroxylation is 1. The van der Waals surface area contributed by atoms with Crippen molar-refractivity contribution in [2.45, 2.75) is 26.3 Å². The SMILES string of the molecule is Cc1c(C(=O)NCc2cnc(-c3ccc(CCCN4CCOCC4)cc3)s2)ccc2c1NC(=O)c1ccccc1O2. The van der Waals surface area contributed by atoms with Crippen LogP contribution in [0.25, 0.3) is 10.6 Å². The van der Waals surface area contributed by atoms with E-state index >= 15 is 0 Å². The first-order valence-corrected chi connectivity index (χ1v) is 14.7. The van der Waals surface area contributed by atoms with Crippen molar-refractivity contribution in [3.05, 3.63) is 94.0 Å². The van der Waals surface area contributed by atoms with Gasteiger partial charge in [-0.2, -0.15) is 0 Å². The van der Waals surface area contributed by atoms with Crippen molar-refractivity contribution < 1.29 is 19.1 Å². The van der Waals surface area contributed by atoms with Crippen LogP contribution in [0, 0.1) is 6.92 Å². The first-order valence-electron chi connectivity index (χ1n) is 13.9. The summed E-state index contributed by atoms with van der Waals surface area (Å²) in [7, 11) is 0. The predicted octanol–water partition coefficient (Wildman–Crippen LogP) is 5.67. The summed E-state index contributed by atoms with van der Waals surface area (Å²) in [5.41, 5.74) is 4.48. The lowest BCUT2D eigenvalue weighted by Gasteiger charge is -2.26. The molecule has 0 atom stereocenters. The number of morpholine rings is 1. The normalized spacial score (nSPS) is 14.8. The van der Waals surface area contributed by atoms with Crippen LogP contribution in [0.3, 0.4) is 0 Å². The summed E-state index contributed by atoms with van der Waals surface area (Å²) in [5, 5.41) is 6.83. The number of benzene rings is 3. The molecule has 0 saturated carbocycles. The number of aromatic nitrogens is 1. The summed E-state index contributed by atoms with van der Waals surface area (Å²) >= 11 is 1.57. The predicted molar refractivity (Wildman–Crippen MR) is 160 cm³/mol. The first kappa shape index (κ1) is 27.1.